The number of nitrogens with one attached hydrogen (secondary N) is 2. The highest BCUT2D eigenvalue weighted by Gasteiger charge is 2.18. The molecule has 0 saturated carbocycles. The lowest BCUT2D eigenvalue weighted by molar-refractivity contribution is -0.118. The van der Waals surface area contributed by atoms with Gasteiger partial charge in [0, 0.05) is 25.7 Å². The van der Waals surface area contributed by atoms with Gasteiger partial charge in [0.1, 0.15) is 6.07 Å². The highest BCUT2D eigenvalue weighted by molar-refractivity contribution is 7.89. The van der Waals surface area contributed by atoms with E-state index in [1.165, 1.54) is 25.1 Å². The number of nitriles is 1. The molecule has 1 aromatic rings. The van der Waals surface area contributed by atoms with Crippen LogP contribution in [0, 0.1) is 11.3 Å². The van der Waals surface area contributed by atoms with E-state index in [-0.39, 0.29) is 29.5 Å². The minimum absolute atomic E-state index is 0.0213. The third kappa shape index (κ3) is 4.24. The minimum Gasteiger partial charge on any atom is -0.399 e. The van der Waals surface area contributed by atoms with Gasteiger partial charge in [0.15, 0.2) is 0 Å². The van der Waals surface area contributed by atoms with Gasteiger partial charge in [-0.05, 0) is 18.2 Å². The van der Waals surface area contributed by atoms with E-state index >= 15 is 0 Å². The molecule has 0 saturated heterocycles. The van der Waals surface area contributed by atoms with Crippen molar-refractivity contribution in [2.45, 2.75) is 11.8 Å². The van der Waals surface area contributed by atoms with Crippen molar-refractivity contribution >= 4 is 21.6 Å². The maximum atomic E-state index is 12.0. The van der Waals surface area contributed by atoms with Gasteiger partial charge < -0.3 is 11.1 Å². The lowest BCUT2D eigenvalue weighted by Crippen LogP contribution is -2.33. The number of nitrogens with zero attached hydrogens (tertiary/aromatic N) is 1. The van der Waals surface area contributed by atoms with Gasteiger partial charge in [-0.15, -0.1) is 0 Å². The monoisotopic (exact) mass is 282 g/mol. The first-order chi connectivity index (χ1) is 8.86. The predicted molar refractivity (Wildman–Crippen MR) is 69.4 cm³/mol. The fraction of sp³-hybridized carbons (Fsp3) is 0.273. The van der Waals surface area contributed by atoms with E-state index in [9.17, 15) is 13.2 Å². The summed E-state index contributed by atoms with van der Waals surface area (Å²) in [5.74, 6) is -0.246. The number of amides is 1. The van der Waals surface area contributed by atoms with E-state index in [1.807, 2.05) is 0 Å². The van der Waals surface area contributed by atoms with Gasteiger partial charge in [-0.2, -0.15) is 5.26 Å². The molecule has 102 valence electrons. The number of rotatable bonds is 5. The highest BCUT2D eigenvalue weighted by atomic mass is 32.2. The Kier molecular flexibility index (Phi) is 4.86. The van der Waals surface area contributed by atoms with Gasteiger partial charge in [-0.1, -0.05) is 0 Å². The molecule has 0 atom stereocenters. The van der Waals surface area contributed by atoms with Crippen LogP contribution in [0.15, 0.2) is 23.1 Å². The molecule has 0 radical (unpaired) electrons. The van der Waals surface area contributed by atoms with Gasteiger partial charge in [0.05, 0.1) is 10.5 Å². The summed E-state index contributed by atoms with van der Waals surface area (Å²) in [6.45, 7) is 1.55. The molecule has 1 amide bonds. The number of sulfonamides is 1. The van der Waals surface area contributed by atoms with Crippen molar-refractivity contribution in [1.82, 2.24) is 10.0 Å². The maximum absolute atomic E-state index is 12.0. The number of benzene rings is 1. The number of carbonyl (C=O) groups excluding carboxylic acids is 1. The molecule has 7 nitrogen and oxygen atoms in total. The molecule has 1 aromatic carbocycles. The van der Waals surface area contributed by atoms with E-state index in [4.69, 9.17) is 11.0 Å². The van der Waals surface area contributed by atoms with Crippen LogP contribution < -0.4 is 15.8 Å². The zero-order chi connectivity index (χ0) is 14.5. The van der Waals surface area contributed by atoms with Crippen molar-refractivity contribution in [2.24, 2.45) is 0 Å². The fourth-order valence-corrected chi connectivity index (χ4v) is 2.54. The fourth-order valence-electron chi connectivity index (χ4n) is 1.37. The summed E-state index contributed by atoms with van der Waals surface area (Å²) < 4.78 is 26.2. The highest BCUT2D eigenvalue weighted by Crippen LogP contribution is 2.17. The number of hydrogen-bond acceptors (Lipinski definition) is 5. The smallest absolute Gasteiger partial charge is 0.241 e. The molecule has 4 N–H and O–H groups in total. The van der Waals surface area contributed by atoms with Crippen LogP contribution in [0.1, 0.15) is 12.5 Å². The Balaban J connectivity index is 2.84. The van der Waals surface area contributed by atoms with Crippen LogP contribution in [0.25, 0.3) is 0 Å². The summed E-state index contributed by atoms with van der Waals surface area (Å²) in [6.07, 6.45) is 0. The molecule has 0 fully saturated rings. The minimum atomic E-state index is -3.80. The van der Waals surface area contributed by atoms with Crippen LogP contribution in [0.3, 0.4) is 0 Å². The summed E-state index contributed by atoms with van der Waals surface area (Å²) in [4.78, 5) is 10.5. The zero-order valence-electron chi connectivity index (χ0n) is 10.3. The topological polar surface area (TPSA) is 125 Å². The van der Waals surface area contributed by atoms with Crippen molar-refractivity contribution in [3.8, 4) is 6.07 Å². The normalized spacial score (nSPS) is 10.7. The van der Waals surface area contributed by atoms with Crippen molar-refractivity contribution in [2.75, 3.05) is 18.8 Å². The van der Waals surface area contributed by atoms with Gasteiger partial charge in [0.25, 0.3) is 0 Å². The van der Waals surface area contributed by atoms with Crippen LogP contribution >= 0.6 is 0 Å². The number of nitrogen functional groups attached to an aromatic ring is 1. The van der Waals surface area contributed by atoms with Crippen molar-refractivity contribution in [3.63, 3.8) is 0 Å². The third-order valence-electron chi connectivity index (χ3n) is 2.20. The Morgan fingerprint density at radius 2 is 2.11 bits per heavy atom. The van der Waals surface area contributed by atoms with Crippen LogP contribution in [0.5, 0.6) is 0 Å². The molecule has 0 aliphatic carbocycles. The Morgan fingerprint density at radius 3 is 2.68 bits per heavy atom. The number of hydrogen-bond donors (Lipinski definition) is 3. The van der Waals surface area contributed by atoms with Gasteiger partial charge in [0.2, 0.25) is 15.9 Å². The SMILES string of the molecule is CC(=O)NCCNS(=O)(=O)c1ccc(N)cc1C#N. The molecule has 1 rings (SSSR count). The summed E-state index contributed by atoms with van der Waals surface area (Å²) in [5, 5.41) is 11.4. The summed E-state index contributed by atoms with van der Waals surface area (Å²) in [7, 11) is -3.80. The standard InChI is InChI=1S/C11H14N4O3S/c1-8(16)14-4-5-15-19(17,18)11-3-2-10(13)6-9(11)7-12/h2-3,6,15H,4-5,13H2,1H3,(H,14,16). The molecule has 0 unspecified atom stereocenters. The van der Waals surface area contributed by atoms with Gasteiger partial charge in [-0.3, -0.25) is 4.79 Å². The number of carbonyl (C=O) groups is 1. The van der Waals surface area contributed by atoms with E-state index in [1.54, 1.807) is 6.07 Å². The van der Waals surface area contributed by atoms with Crippen LogP contribution in [-0.4, -0.2) is 27.4 Å². The molecule has 0 aromatic heterocycles. The van der Waals surface area contributed by atoms with Gasteiger partial charge >= 0.3 is 0 Å². The zero-order valence-corrected chi connectivity index (χ0v) is 11.1. The Morgan fingerprint density at radius 1 is 1.42 bits per heavy atom. The van der Waals surface area contributed by atoms with Crippen molar-refractivity contribution in [3.05, 3.63) is 23.8 Å². The molecular weight excluding hydrogens is 268 g/mol. The average Bonchev–Trinajstić information content (AvgIpc) is 2.34. The average molecular weight is 282 g/mol. The van der Waals surface area contributed by atoms with E-state index in [2.05, 4.69) is 10.0 Å². The summed E-state index contributed by atoms with van der Waals surface area (Å²) in [5.41, 5.74) is 5.78. The van der Waals surface area contributed by atoms with E-state index < -0.39 is 10.0 Å². The molecule has 0 aliphatic rings. The lowest BCUT2D eigenvalue weighted by atomic mass is 10.2. The molecule has 19 heavy (non-hydrogen) atoms. The Hall–Kier alpha value is -2.11. The second-order valence-electron chi connectivity index (χ2n) is 3.75. The Bertz CT molecular complexity index is 619. The molecule has 0 bridgehead atoms. The number of anilines is 1. The third-order valence-corrected chi connectivity index (χ3v) is 3.72. The first-order valence-electron chi connectivity index (χ1n) is 5.40. The van der Waals surface area contributed by atoms with E-state index in [0.29, 0.717) is 5.69 Å². The molecule has 0 heterocycles. The lowest BCUT2D eigenvalue weighted by Gasteiger charge is -2.08. The largest absolute Gasteiger partial charge is 0.399 e. The predicted octanol–water partition coefficient (Wildman–Crippen LogP) is -0.445. The second-order valence-corrected chi connectivity index (χ2v) is 5.48. The van der Waals surface area contributed by atoms with Crippen molar-refractivity contribution < 1.29 is 13.2 Å². The van der Waals surface area contributed by atoms with Crippen molar-refractivity contribution in [1.29, 1.82) is 5.26 Å². The molecular formula is C11H14N4O3S. The number of nitrogens with two attached hydrogens (primary N) is 1. The second kappa shape index (κ2) is 6.17. The summed E-state index contributed by atoms with van der Waals surface area (Å²) >= 11 is 0. The maximum Gasteiger partial charge on any atom is 0.241 e. The first kappa shape index (κ1) is 14.9. The molecule has 0 aliphatic heterocycles. The van der Waals surface area contributed by atoms with Crippen LogP contribution in [-0.2, 0) is 14.8 Å². The van der Waals surface area contributed by atoms with Crippen LogP contribution in [0.4, 0.5) is 5.69 Å². The Labute approximate surface area is 111 Å². The summed E-state index contributed by atoms with van der Waals surface area (Å²) in [6, 6.07) is 5.75. The first-order valence-corrected chi connectivity index (χ1v) is 6.89. The quantitative estimate of drug-likeness (QED) is 0.498. The van der Waals surface area contributed by atoms with Crippen LogP contribution in [0.2, 0.25) is 0 Å². The molecule has 0 spiro atoms. The molecule has 8 heteroatoms. The van der Waals surface area contributed by atoms with E-state index in [0.717, 1.165) is 0 Å². The van der Waals surface area contributed by atoms with Gasteiger partial charge in [-0.25, -0.2) is 13.1 Å².